The molecule has 5 nitrogen and oxygen atoms in total. The molecule has 0 aliphatic heterocycles. The summed E-state index contributed by atoms with van der Waals surface area (Å²) in [7, 11) is 3.72. The van der Waals surface area contributed by atoms with Gasteiger partial charge in [0.25, 0.3) is 5.56 Å². The molecule has 136 valence electrons. The molecular weight excluding hydrogens is 346 g/mol. The van der Waals surface area contributed by atoms with Crippen LogP contribution >= 0.6 is 11.3 Å². The van der Waals surface area contributed by atoms with E-state index in [1.54, 1.807) is 24.5 Å². The molecule has 1 aliphatic carbocycles. The van der Waals surface area contributed by atoms with Crippen molar-refractivity contribution in [3.05, 3.63) is 62.5 Å². The lowest BCUT2D eigenvalue weighted by Gasteiger charge is -2.16. The van der Waals surface area contributed by atoms with Crippen LogP contribution in [0.1, 0.15) is 34.7 Å². The van der Waals surface area contributed by atoms with Crippen molar-refractivity contribution < 1.29 is 4.74 Å². The molecule has 0 amide bonds. The molecule has 2 heterocycles. The van der Waals surface area contributed by atoms with Crippen molar-refractivity contribution in [1.82, 2.24) is 14.3 Å². The minimum absolute atomic E-state index is 0.0576. The van der Waals surface area contributed by atoms with Crippen LogP contribution in [0.2, 0.25) is 0 Å². The van der Waals surface area contributed by atoms with Crippen LogP contribution in [-0.2, 0) is 25.9 Å². The SMILES string of the molecule is COc1ccc(CN(C)Cc2cc(=O)n3c4c(sc3n2)CCCC4)cc1. The van der Waals surface area contributed by atoms with E-state index in [0.29, 0.717) is 6.54 Å². The Morgan fingerprint density at radius 2 is 1.96 bits per heavy atom. The molecule has 1 aromatic carbocycles. The lowest BCUT2D eigenvalue weighted by atomic mass is 10.0. The van der Waals surface area contributed by atoms with Crippen molar-refractivity contribution in [2.75, 3.05) is 14.2 Å². The smallest absolute Gasteiger partial charge is 0.259 e. The molecule has 6 heteroatoms. The summed E-state index contributed by atoms with van der Waals surface area (Å²) in [4.78, 5) is 21.8. The highest BCUT2D eigenvalue weighted by atomic mass is 32.1. The molecule has 0 radical (unpaired) electrons. The summed E-state index contributed by atoms with van der Waals surface area (Å²) < 4.78 is 7.02. The van der Waals surface area contributed by atoms with Gasteiger partial charge in [0.1, 0.15) is 5.75 Å². The van der Waals surface area contributed by atoms with Gasteiger partial charge in [-0.15, -0.1) is 11.3 Å². The average molecular weight is 369 g/mol. The first kappa shape index (κ1) is 17.2. The van der Waals surface area contributed by atoms with Crippen molar-refractivity contribution in [3.63, 3.8) is 0 Å². The number of methoxy groups -OCH3 is 1. The third-order valence-electron chi connectivity index (χ3n) is 4.86. The fourth-order valence-corrected chi connectivity index (χ4v) is 4.83. The Hall–Kier alpha value is -2.18. The Labute approximate surface area is 156 Å². The predicted molar refractivity (Wildman–Crippen MR) is 104 cm³/mol. The van der Waals surface area contributed by atoms with Crippen molar-refractivity contribution in [3.8, 4) is 5.75 Å². The third-order valence-corrected chi connectivity index (χ3v) is 6.00. The monoisotopic (exact) mass is 369 g/mol. The molecular formula is C20H23N3O2S. The van der Waals surface area contributed by atoms with E-state index in [1.165, 1.54) is 22.6 Å². The Morgan fingerprint density at radius 1 is 1.19 bits per heavy atom. The largest absolute Gasteiger partial charge is 0.497 e. The van der Waals surface area contributed by atoms with Gasteiger partial charge in [-0.3, -0.25) is 14.1 Å². The minimum Gasteiger partial charge on any atom is -0.497 e. The van der Waals surface area contributed by atoms with Crippen LogP contribution in [-0.4, -0.2) is 28.4 Å². The van der Waals surface area contributed by atoms with E-state index in [4.69, 9.17) is 9.72 Å². The zero-order valence-corrected chi connectivity index (χ0v) is 16.0. The van der Waals surface area contributed by atoms with Gasteiger partial charge in [-0.05, 0) is 50.4 Å². The van der Waals surface area contributed by atoms with E-state index in [2.05, 4.69) is 17.0 Å². The van der Waals surface area contributed by atoms with Gasteiger partial charge in [0, 0.05) is 29.7 Å². The van der Waals surface area contributed by atoms with Gasteiger partial charge in [0.2, 0.25) is 0 Å². The number of ether oxygens (including phenoxy) is 1. The summed E-state index contributed by atoms with van der Waals surface area (Å²) >= 11 is 1.68. The van der Waals surface area contributed by atoms with E-state index >= 15 is 0 Å². The zero-order valence-electron chi connectivity index (χ0n) is 15.2. The first-order valence-corrected chi connectivity index (χ1v) is 9.80. The summed E-state index contributed by atoms with van der Waals surface area (Å²) in [6.07, 6.45) is 4.45. The van der Waals surface area contributed by atoms with Crippen LogP contribution < -0.4 is 10.3 Å². The van der Waals surface area contributed by atoms with Crippen LogP contribution in [0, 0.1) is 0 Å². The average Bonchev–Trinajstić information content (AvgIpc) is 3.01. The molecule has 0 saturated heterocycles. The highest BCUT2D eigenvalue weighted by molar-refractivity contribution is 7.17. The van der Waals surface area contributed by atoms with Gasteiger partial charge in [-0.1, -0.05) is 12.1 Å². The third kappa shape index (κ3) is 3.39. The lowest BCUT2D eigenvalue weighted by molar-refractivity contribution is 0.315. The molecule has 0 bridgehead atoms. The van der Waals surface area contributed by atoms with Crippen molar-refractivity contribution in [2.45, 2.75) is 38.8 Å². The molecule has 0 N–H and O–H groups in total. The van der Waals surface area contributed by atoms with E-state index in [0.717, 1.165) is 42.2 Å². The van der Waals surface area contributed by atoms with Crippen LogP contribution in [0.3, 0.4) is 0 Å². The first-order chi connectivity index (χ1) is 12.6. The van der Waals surface area contributed by atoms with Gasteiger partial charge in [0.05, 0.1) is 12.8 Å². The topological polar surface area (TPSA) is 46.8 Å². The van der Waals surface area contributed by atoms with Crippen molar-refractivity contribution in [2.24, 2.45) is 0 Å². The molecule has 0 fully saturated rings. The molecule has 0 atom stereocenters. The van der Waals surface area contributed by atoms with E-state index < -0.39 is 0 Å². The molecule has 2 aromatic heterocycles. The number of hydrogen-bond acceptors (Lipinski definition) is 5. The van der Waals surface area contributed by atoms with Crippen LogP contribution in [0.25, 0.3) is 4.96 Å². The van der Waals surface area contributed by atoms with Crippen molar-refractivity contribution >= 4 is 16.3 Å². The number of aryl methyl sites for hydroxylation is 2. The van der Waals surface area contributed by atoms with Crippen LogP contribution in [0.4, 0.5) is 0 Å². The van der Waals surface area contributed by atoms with Gasteiger partial charge in [0.15, 0.2) is 4.96 Å². The van der Waals surface area contributed by atoms with Gasteiger partial charge < -0.3 is 4.74 Å². The molecule has 4 rings (SSSR count). The fourth-order valence-electron chi connectivity index (χ4n) is 3.60. The number of rotatable bonds is 5. The maximum Gasteiger partial charge on any atom is 0.259 e. The standard InChI is InChI=1S/C20H23N3O2S/c1-22(12-14-7-9-16(25-2)10-8-14)13-15-11-19(24)23-17-5-3-4-6-18(17)26-20(23)21-15/h7-11H,3-6,12-13H2,1-2H3. The Balaban J connectivity index is 1.53. The molecule has 1 aliphatic rings. The van der Waals surface area contributed by atoms with E-state index in [-0.39, 0.29) is 5.56 Å². The summed E-state index contributed by atoms with van der Waals surface area (Å²) in [5, 5.41) is 0. The molecule has 26 heavy (non-hydrogen) atoms. The number of hydrogen-bond donors (Lipinski definition) is 0. The zero-order chi connectivity index (χ0) is 18.1. The summed E-state index contributed by atoms with van der Waals surface area (Å²) in [6.45, 7) is 1.45. The van der Waals surface area contributed by atoms with Gasteiger partial charge >= 0.3 is 0 Å². The molecule has 3 aromatic rings. The van der Waals surface area contributed by atoms with E-state index in [1.807, 2.05) is 23.6 Å². The second-order valence-corrected chi connectivity index (χ2v) is 7.97. The number of fused-ring (bicyclic) bond motifs is 3. The highest BCUT2D eigenvalue weighted by Crippen LogP contribution is 2.28. The first-order valence-electron chi connectivity index (χ1n) is 8.99. The number of aromatic nitrogens is 2. The number of nitrogens with zero attached hydrogens (tertiary/aromatic N) is 3. The predicted octanol–water partition coefficient (Wildman–Crippen LogP) is 3.28. The minimum atomic E-state index is 0.0576. The molecule has 0 spiro atoms. The molecule has 0 saturated carbocycles. The number of thiazole rings is 1. The Morgan fingerprint density at radius 3 is 2.73 bits per heavy atom. The maximum atomic E-state index is 12.6. The van der Waals surface area contributed by atoms with Crippen LogP contribution in [0.15, 0.2) is 35.1 Å². The second-order valence-electron chi connectivity index (χ2n) is 6.90. The fraction of sp³-hybridized carbons (Fsp3) is 0.400. The maximum absolute atomic E-state index is 12.6. The Kier molecular flexibility index (Phi) is 4.78. The lowest BCUT2D eigenvalue weighted by Crippen LogP contribution is -2.22. The normalized spacial score (nSPS) is 14.0. The highest BCUT2D eigenvalue weighted by Gasteiger charge is 2.18. The summed E-state index contributed by atoms with van der Waals surface area (Å²) in [6, 6.07) is 9.76. The molecule has 0 unspecified atom stereocenters. The van der Waals surface area contributed by atoms with Crippen molar-refractivity contribution in [1.29, 1.82) is 0 Å². The summed E-state index contributed by atoms with van der Waals surface area (Å²) in [5.74, 6) is 0.859. The van der Waals surface area contributed by atoms with Gasteiger partial charge in [-0.2, -0.15) is 0 Å². The Bertz CT molecular complexity index is 975. The van der Waals surface area contributed by atoms with Gasteiger partial charge in [-0.25, -0.2) is 4.98 Å². The van der Waals surface area contributed by atoms with E-state index in [9.17, 15) is 4.79 Å². The quantitative estimate of drug-likeness (QED) is 0.692. The second kappa shape index (κ2) is 7.21. The number of benzene rings is 1. The van der Waals surface area contributed by atoms with Crippen LogP contribution in [0.5, 0.6) is 5.75 Å². The summed E-state index contributed by atoms with van der Waals surface area (Å²) in [5.41, 5.74) is 3.29.